The van der Waals surface area contributed by atoms with E-state index in [0.29, 0.717) is 6.04 Å². The Morgan fingerprint density at radius 2 is 1.95 bits per heavy atom. The Labute approximate surface area is 124 Å². The summed E-state index contributed by atoms with van der Waals surface area (Å²) in [6.07, 6.45) is 7.69. The second kappa shape index (κ2) is 6.73. The van der Waals surface area contributed by atoms with E-state index in [1.807, 2.05) is 0 Å². The van der Waals surface area contributed by atoms with Crippen LogP contribution in [0, 0.1) is 0 Å². The van der Waals surface area contributed by atoms with Gasteiger partial charge in [0.05, 0.1) is 6.04 Å². The first-order chi connectivity index (χ1) is 9.64. The molecule has 20 heavy (non-hydrogen) atoms. The SMILES string of the molecule is CCCc1cccc(C(NC)C2(N(C)C)CCCC2)c1. The maximum Gasteiger partial charge on any atom is 0.0504 e. The molecule has 1 unspecified atom stereocenters. The number of nitrogens with one attached hydrogen (secondary N) is 1. The summed E-state index contributed by atoms with van der Waals surface area (Å²) in [5, 5.41) is 3.61. The highest BCUT2D eigenvalue weighted by molar-refractivity contribution is 5.29. The van der Waals surface area contributed by atoms with E-state index in [2.05, 4.69) is 62.5 Å². The maximum atomic E-state index is 3.61. The van der Waals surface area contributed by atoms with Crippen LogP contribution in [-0.2, 0) is 6.42 Å². The van der Waals surface area contributed by atoms with E-state index in [1.54, 1.807) is 0 Å². The quantitative estimate of drug-likeness (QED) is 0.849. The molecule has 2 rings (SSSR count). The minimum Gasteiger partial charge on any atom is -0.311 e. The van der Waals surface area contributed by atoms with Crippen molar-refractivity contribution in [1.82, 2.24) is 10.2 Å². The zero-order valence-corrected chi connectivity index (χ0v) is 13.6. The van der Waals surface area contributed by atoms with Gasteiger partial charge < -0.3 is 10.2 Å². The first kappa shape index (κ1) is 15.5. The molecule has 1 aromatic rings. The molecule has 0 radical (unpaired) electrons. The molecule has 1 N–H and O–H groups in total. The Kier molecular flexibility index (Phi) is 5.22. The van der Waals surface area contributed by atoms with Crippen LogP contribution in [0.1, 0.15) is 56.2 Å². The van der Waals surface area contributed by atoms with Gasteiger partial charge in [0.25, 0.3) is 0 Å². The van der Waals surface area contributed by atoms with Crippen molar-refractivity contribution < 1.29 is 0 Å². The molecule has 0 bridgehead atoms. The average molecular weight is 274 g/mol. The molecule has 0 spiro atoms. The minimum atomic E-state index is 0.277. The molecule has 2 nitrogen and oxygen atoms in total. The third-order valence-electron chi connectivity index (χ3n) is 5.01. The summed E-state index contributed by atoms with van der Waals surface area (Å²) in [5.41, 5.74) is 3.20. The lowest BCUT2D eigenvalue weighted by molar-refractivity contribution is 0.108. The number of hydrogen-bond donors (Lipinski definition) is 1. The highest BCUT2D eigenvalue weighted by Crippen LogP contribution is 2.43. The number of rotatable bonds is 6. The smallest absolute Gasteiger partial charge is 0.0504 e. The molecule has 1 aliphatic rings. The summed E-state index contributed by atoms with van der Waals surface area (Å²) in [6, 6.07) is 9.62. The Hall–Kier alpha value is -0.860. The lowest BCUT2D eigenvalue weighted by atomic mass is 9.82. The molecule has 0 aromatic heterocycles. The maximum absolute atomic E-state index is 3.61. The van der Waals surface area contributed by atoms with E-state index in [9.17, 15) is 0 Å². The molecule has 112 valence electrons. The van der Waals surface area contributed by atoms with Crippen molar-refractivity contribution in [1.29, 1.82) is 0 Å². The van der Waals surface area contributed by atoms with Gasteiger partial charge in [-0.3, -0.25) is 0 Å². The lowest BCUT2D eigenvalue weighted by Crippen LogP contribution is -2.51. The van der Waals surface area contributed by atoms with Gasteiger partial charge in [0.15, 0.2) is 0 Å². The van der Waals surface area contributed by atoms with Gasteiger partial charge in [-0.2, -0.15) is 0 Å². The highest BCUT2D eigenvalue weighted by atomic mass is 15.2. The van der Waals surface area contributed by atoms with Gasteiger partial charge in [-0.05, 0) is 51.5 Å². The predicted octanol–water partition coefficient (Wildman–Crippen LogP) is 3.77. The molecule has 1 atom stereocenters. The average Bonchev–Trinajstić information content (AvgIpc) is 2.91. The molecular formula is C18H30N2. The molecule has 0 saturated heterocycles. The zero-order valence-electron chi connectivity index (χ0n) is 13.6. The summed E-state index contributed by atoms with van der Waals surface area (Å²) in [4.78, 5) is 2.45. The molecule has 1 aliphatic carbocycles. The van der Waals surface area contributed by atoms with Crippen LogP contribution >= 0.6 is 0 Å². The summed E-state index contributed by atoms with van der Waals surface area (Å²) in [6.45, 7) is 2.25. The van der Waals surface area contributed by atoms with Crippen LogP contribution in [0.3, 0.4) is 0 Å². The molecule has 1 aromatic carbocycles. The largest absolute Gasteiger partial charge is 0.311 e. The number of benzene rings is 1. The van der Waals surface area contributed by atoms with Crippen LogP contribution in [-0.4, -0.2) is 31.6 Å². The number of likely N-dealkylation sites (N-methyl/N-ethyl adjacent to an activating group) is 2. The standard InChI is InChI=1S/C18H30N2/c1-5-9-15-10-8-11-16(14-15)17(19-2)18(20(3)4)12-6-7-13-18/h8,10-11,14,17,19H,5-7,9,12-13H2,1-4H3. The second-order valence-corrected chi connectivity index (χ2v) is 6.42. The Morgan fingerprint density at radius 1 is 1.25 bits per heavy atom. The Balaban J connectivity index is 2.33. The van der Waals surface area contributed by atoms with Crippen molar-refractivity contribution in [2.45, 2.75) is 57.0 Å². The summed E-state index contributed by atoms with van der Waals surface area (Å²) in [5.74, 6) is 0. The fourth-order valence-corrected chi connectivity index (χ4v) is 3.94. The molecule has 1 saturated carbocycles. The van der Waals surface area contributed by atoms with Gasteiger partial charge in [-0.15, -0.1) is 0 Å². The Morgan fingerprint density at radius 3 is 2.50 bits per heavy atom. The van der Waals surface area contributed by atoms with E-state index in [-0.39, 0.29) is 5.54 Å². The third kappa shape index (κ3) is 2.91. The topological polar surface area (TPSA) is 15.3 Å². The van der Waals surface area contributed by atoms with Crippen LogP contribution in [0.15, 0.2) is 24.3 Å². The molecule has 0 heterocycles. The summed E-state index contributed by atoms with van der Waals surface area (Å²) in [7, 11) is 6.60. The van der Waals surface area contributed by atoms with Gasteiger partial charge in [-0.1, -0.05) is 50.5 Å². The normalized spacial score (nSPS) is 19.4. The van der Waals surface area contributed by atoms with Crippen LogP contribution in [0.5, 0.6) is 0 Å². The number of aryl methyl sites for hydroxylation is 1. The van der Waals surface area contributed by atoms with Crippen LogP contribution < -0.4 is 5.32 Å². The van der Waals surface area contributed by atoms with E-state index in [4.69, 9.17) is 0 Å². The third-order valence-corrected chi connectivity index (χ3v) is 5.01. The predicted molar refractivity (Wildman–Crippen MR) is 87.1 cm³/mol. The Bertz CT molecular complexity index is 419. The van der Waals surface area contributed by atoms with Gasteiger partial charge in [0.2, 0.25) is 0 Å². The van der Waals surface area contributed by atoms with Gasteiger partial charge in [-0.25, -0.2) is 0 Å². The molecule has 0 aliphatic heterocycles. The molecule has 2 heteroatoms. The first-order valence-corrected chi connectivity index (χ1v) is 8.07. The molecular weight excluding hydrogens is 244 g/mol. The van der Waals surface area contributed by atoms with Crippen molar-refractivity contribution in [3.05, 3.63) is 35.4 Å². The lowest BCUT2D eigenvalue weighted by Gasteiger charge is -2.43. The highest BCUT2D eigenvalue weighted by Gasteiger charge is 2.43. The van der Waals surface area contributed by atoms with Crippen LogP contribution in [0.25, 0.3) is 0 Å². The van der Waals surface area contributed by atoms with Crippen molar-refractivity contribution in [3.63, 3.8) is 0 Å². The molecule has 1 fully saturated rings. The second-order valence-electron chi connectivity index (χ2n) is 6.42. The minimum absolute atomic E-state index is 0.277. The monoisotopic (exact) mass is 274 g/mol. The van der Waals surface area contributed by atoms with E-state index in [0.717, 1.165) is 0 Å². The number of hydrogen-bond acceptors (Lipinski definition) is 2. The van der Waals surface area contributed by atoms with Crippen LogP contribution in [0.2, 0.25) is 0 Å². The first-order valence-electron chi connectivity index (χ1n) is 8.07. The van der Waals surface area contributed by atoms with E-state index >= 15 is 0 Å². The van der Waals surface area contributed by atoms with Gasteiger partial charge in [0, 0.05) is 5.54 Å². The van der Waals surface area contributed by atoms with E-state index in [1.165, 1.54) is 49.7 Å². The van der Waals surface area contributed by atoms with Gasteiger partial charge in [0.1, 0.15) is 0 Å². The fraction of sp³-hybridized carbons (Fsp3) is 0.667. The van der Waals surface area contributed by atoms with Crippen molar-refractivity contribution in [2.24, 2.45) is 0 Å². The van der Waals surface area contributed by atoms with Crippen molar-refractivity contribution in [2.75, 3.05) is 21.1 Å². The fourth-order valence-electron chi connectivity index (χ4n) is 3.94. The van der Waals surface area contributed by atoms with Crippen molar-refractivity contribution in [3.8, 4) is 0 Å². The van der Waals surface area contributed by atoms with E-state index < -0.39 is 0 Å². The summed E-state index contributed by atoms with van der Waals surface area (Å²) < 4.78 is 0. The zero-order chi connectivity index (χ0) is 14.6. The number of nitrogens with zero attached hydrogens (tertiary/aromatic N) is 1. The van der Waals surface area contributed by atoms with Gasteiger partial charge >= 0.3 is 0 Å². The van der Waals surface area contributed by atoms with Crippen LogP contribution in [0.4, 0.5) is 0 Å². The van der Waals surface area contributed by atoms with Crippen molar-refractivity contribution >= 4 is 0 Å². The summed E-state index contributed by atoms with van der Waals surface area (Å²) >= 11 is 0. The molecule has 0 amide bonds.